The van der Waals surface area contributed by atoms with Gasteiger partial charge in [-0.3, -0.25) is 0 Å². The van der Waals surface area contributed by atoms with E-state index in [4.69, 9.17) is 4.74 Å². The molecule has 2 fully saturated rings. The monoisotopic (exact) mass is 156 g/mol. The Morgan fingerprint density at radius 3 is 3.36 bits per heavy atom. The van der Waals surface area contributed by atoms with Crippen LogP contribution in [0, 0.1) is 5.92 Å². The van der Waals surface area contributed by atoms with E-state index in [0.717, 1.165) is 13.1 Å². The molecule has 0 spiro atoms. The largest absolute Gasteiger partial charge is 0.449 e. The molecule has 0 aromatic carbocycles. The van der Waals surface area contributed by atoms with Gasteiger partial charge >= 0.3 is 6.09 Å². The van der Waals surface area contributed by atoms with E-state index in [2.05, 4.69) is 17.6 Å². The van der Waals surface area contributed by atoms with Crippen LogP contribution in [0.15, 0.2) is 0 Å². The maximum atomic E-state index is 10.8. The summed E-state index contributed by atoms with van der Waals surface area (Å²) in [5, 5.41) is 6.06. The molecule has 2 rings (SSSR count). The Balaban J connectivity index is 2.16. The van der Waals surface area contributed by atoms with Gasteiger partial charge in [0.15, 0.2) is 0 Å². The van der Waals surface area contributed by atoms with Gasteiger partial charge in [0.25, 0.3) is 0 Å². The summed E-state index contributed by atoms with van der Waals surface area (Å²) in [7, 11) is 0. The van der Waals surface area contributed by atoms with Crippen LogP contribution in [-0.4, -0.2) is 31.3 Å². The van der Waals surface area contributed by atoms with Gasteiger partial charge in [-0.1, -0.05) is 0 Å². The van der Waals surface area contributed by atoms with Crippen molar-refractivity contribution in [3.05, 3.63) is 0 Å². The molecule has 4 nitrogen and oxygen atoms in total. The van der Waals surface area contributed by atoms with Crippen molar-refractivity contribution in [3.63, 3.8) is 0 Å². The van der Waals surface area contributed by atoms with Gasteiger partial charge in [-0.05, 0) is 6.92 Å². The molecule has 2 N–H and O–H groups in total. The lowest BCUT2D eigenvalue weighted by Gasteiger charge is -2.35. The molecule has 2 atom stereocenters. The van der Waals surface area contributed by atoms with Crippen LogP contribution in [0.25, 0.3) is 0 Å². The molecule has 62 valence electrons. The van der Waals surface area contributed by atoms with Crippen LogP contribution in [0.4, 0.5) is 4.79 Å². The number of fused-ring (bicyclic) bond motifs is 1. The maximum Gasteiger partial charge on any atom is 0.407 e. The van der Waals surface area contributed by atoms with E-state index in [9.17, 15) is 4.79 Å². The lowest BCUT2D eigenvalue weighted by Crippen LogP contribution is -2.57. The number of carbonyl (C=O) groups excluding carboxylic acids is 1. The average molecular weight is 156 g/mol. The summed E-state index contributed by atoms with van der Waals surface area (Å²) in [4.78, 5) is 10.8. The molecule has 2 aliphatic heterocycles. The summed E-state index contributed by atoms with van der Waals surface area (Å²) in [5.74, 6) is 0.431. The highest BCUT2D eigenvalue weighted by Crippen LogP contribution is 2.24. The standard InChI is InChI=1S/C7H12N2O2/c1-7-4-8-2-5(7)3-11-6(10)9-7/h5,8H,2-4H2,1H3,(H,9,10)/t5-,7+/m1/s1. The van der Waals surface area contributed by atoms with Crippen molar-refractivity contribution >= 4 is 6.09 Å². The van der Waals surface area contributed by atoms with E-state index in [1.54, 1.807) is 0 Å². The smallest absolute Gasteiger partial charge is 0.407 e. The zero-order valence-electron chi connectivity index (χ0n) is 6.52. The molecule has 4 heteroatoms. The first-order valence-electron chi connectivity index (χ1n) is 3.86. The van der Waals surface area contributed by atoms with Gasteiger partial charge < -0.3 is 15.4 Å². The summed E-state index contributed by atoms with van der Waals surface area (Å²) in [5.41, 5.74) is -0.0741. The zero-order chi connectivity index (χ0) is 7.90. The number of nitrogens with one attached hydrogen (secondary N) is 2. The Morgan fingerprint density at radius 1 is 1.73 bits per heavy atom. The van der Waals surface area contributed by atoms with Crippen molar-refractivity contribution in [2.45, 2.75) is 12.5 Å². The molecular formula is C7H12N2O2. The third-order valence-electron chi connectivity index (χ3n) is 2.59. The van der Waals surface area contributed by atoms with Gasteiger partial charge in [0.1, 0.15) is 0 Å². The quantitative estimate of drug-likeness (QED) is 0.506. The predicted octanol–water partition coefficient (Wildman–Crippen LogP) is -0.296. The lowest BCUT2D eigenvalue weighted by molar-refractivity contribution is 0.0686. The molecule has 11 heavy (non-hydrogen) atoms. The minimum atomic E-state index is -0.285. The summed E-state index contributed by atoms with van der Waals surface area (Å²) >= 11 is 0. The Labute approximate surface area is 65.3 Å². The van der Waals surface area contributed by atoms with Crippen molar-refractivity contribution in [3.8, 4) is 0 Å². The first-order chi connectivity index (χ1) is 5.21. The second-order valence-electron chi connectivity index (χ2n) is 3.47. The molecule has 1 amide bonds. The van der Waals surface area contributed by atoms with Crippen LogP contribution in [0.1, 0.15) is 6.92 Å². The SMILES string of the molecule is C[C@]12CNC[C@@H]1COC(=O)N2. The van der Waals surface area contributed by atoms with E-state index >= 15 is 0 Å². The van der Waals surface area contributed by atoms with Crippen LogP contribution >= 0.6 is 0 Å². The highest BCUT2D eigenvalue weighted by Gasteiger charge is 2.43. The fourth-order valence-corrected chi connectivity index (χ4v) is 1.71. The van der Waals surface area contributed by atoms with Crippen LogP contribution in [0.3, 0.4) is 0 Å². The van der Waals surface area contributed by atoms with E-state index in [0.29, 0.717) is 12.5 Å². The Hall–Kier alpha value is -0.770. The highest BCUT2D eigenvalue weighted by atomic mass is 16.6. The Bertz CT molecular complexity index is 195. The molecule has 2 heterocycles. The number of ether oxygens (including phenoxy) is 1. The molecule has 0 aromatic rings. The van der Waals surface area contributed by atoms with Crippen molar-refractivity contribution in [2.75, 3.05) is 19.7 Å². The number of carbonyl (C=O) groups is 1. The third kappa shape index (κ3) is 0.976. The highest BCUT2D eigenvalue weighted by molar-refractivity contribution is 5.69. The maximum absolute atomic E-state index is 10.8. The molecule has 0 bridgehead atoms. The predicted molar refractivity (Wildman–Crippen MR) is 39.2 cm³/mol. The lowest BCUT2D eigenvalue weighted by atomic mass is 9.89. The van der Waals surface area contributed by atoms with Crippen molar-refractivity contribution in [1.29, 1.82) is 0 Å². The molecule has 2 saturated heterocycles. The molecule has 2 aliphatic rings. The molecule has 0 unspecified atom stereocenters. The summed E-state index contributed by atoms with van der Waals surface area (Å²) in [6, 6.07) is 0. The first-order valence-corrected chi connectivity index (χ1v) is 3.86. The third-order valence-corrected chi connectivity index (χ3v) is 2.59. The zero-order valence-corrected chi connectivity index (χ0v) is 6.52. The fourth-order valence-electron chi connectivity index (χ4n) is 1.71. The van der Waals surface area contributed by atoms with Crippen molar-refractivity contribution < 1.29 is 9.53 Å². The van der Waals surface area contributed by atoms with Crippen molar-refractivity contribution in [1.82, 2.24) is 10.6 Å². The second-order valence-corrected chi connectivity index (χ2v) is 3.47. The summed E-state index contributed by atoms with van der Waals surface area (Å²) < 4.78 is 4.87. The van der Waals surface area contributed by atoms with E-state index in [1.165, 1.54) is 0 Å². The minimum Gasteiger partial charge on any atom is -0.449 e. The van der Waals surface area contributed by atoms with Gasteiger partial charge in [-0.25, -0.2) is 4.79 Å². The molecule has 0 radical (unpaired) electrons. The van der Waals surface area contributed by atoms with Gasteiger partial charge in [0, 0.05) is 19.0 Å². The normalized spacial score (nSPS) is 42.6. The topological polar surface area (TPSA) is 50.4 Å². The van der Waals surface area contributed by atoms with Gasteiger partial charge in [-0.2, -0.15) is 0 Å². The van der Waals surface area contributed by atoms with Crippen LogP contribution in [0.5, 0.6) is 0 Å². The second kappa shape index (κ2) is 2.11. The molecule has 0 aliphatic carbocycles. The van der Waals surface area contributed by atoms with Crippen LogP contribution in [-0.2, 0) is 4.74 Å². The minimum absolute atomic E-state index is 0.0741. The van der Waals surface area contributed by atoms with E-state index in [1.807, 2.05) is 0 Å². The fraction of sp³-hybridized carbons (Fsp3) is 0.857. The number of hydrogen-bond acceptors (Lipinski definition) is 3. The van der Waals surface area contributed by atoms with E-state index < -0.39 is 0 Å². The first kappa shape index (κ1) is 6.91. The van der Waals surface area contributed by atoms with Crippen molar-refractivity contribution in [2.24, 2.45) is 5.92 Å². The number of alkyl carbamates (subject to hydrolysis) is 1. The number of cyclic esters (lactones) is 1. The number of hydrogen-bond donors (Lipinski definition) is 2. The molecule has 0 aromatic heterocycles. The summed E-state index contributed by atoms with van der Waals surface area (Å²) in [6.45, 7) is 4.40. The average Bonchev–Trinajstić information content (AvgIpc) is 2.28. The van der Waals surface area contributed by atoms with E-state index in [-0.39, 0.29) is 11.6 Å². The molecule has 0 saturated carbocycles. The van der Waals surface area contributed by atoms with Crippen LogP contribution in [0.2, 0.25) is 0 Å². The van der Waals surface area contributed by atoms with Gasteiger partial charge in [-0.15, -0.1) is 0 Å². The Morgan fingerprint density at radius 2 is 2.55 bits per heavy atom. The summed E-state index contributed by atoms with van der Waals surface area (Å²) in [6.07, 6.45) is -0.285. The van der Waals surface area contributed by atoms with Gasteiger partial charge in [0.2, 0.25) is 0 Å². The Kier molecular flexibility index (Phi) is 1.32. The van der Waals surface area contributed by atoms with Gasteiger partial charge in [0.05, 0.1) is 12.1 Å². The number of amides is 1. The molecular weight excluding hydrogens is 144 g/mol. The number of rotatable bonds is 0. The van der Waals surface area contributed by atoms with Crippen LogP contribution < -0.4 is 10.6 Å².